The molecule has 2 atom stereocenters. The lowest BCUT2D eigenvalue weighted by atomic mass is 9.87. The van der Waals surface area contributed by atoms with Gasteiger partial charge in [-0.15, -0.1) is 5.10 Å². The maximum absolute atomic E-state index is 15.4. The first-order valence-corrected chi connectivity index (χ1v) is 15.4. The molecule has 8 nitrogen and oxygen atoms in total. The van der Waals surface area contributed by atoms with Gasteiger partial charge in [-0.25, -0.2) is 13.8 Å². The summed E-state index contributed by atoms with van der Waals surface area (Å²) in [7, 11) is 0.351. The van der Waals surface area contributed by atoms with Crippen LogP contribution in [-0.2, 0) is 16.8 Å². The Bertz CT molecular complexity index is 1640. The van der Waals surface area contributed by atoms with E-state index in [1.54, 1.807) is 29.3 Å². The molecule has 1 aliphatic heterocycles. The van der Waals surface area contributed by atoms with Crippen molar-refractivity contribution in [1.29, 1.82) is 0 Å². The standard InChI is InChI=1S/C32H36FN6O2P/c1-6-27(40)38-16-14-24(19-38)36-29-28-25(13-15-34-30(28)39(37-29)42-5)21-7-8-22(26(33)17-21)18-35-31(41)20-9-11-23(12-10-20)32(2,3)4/h6-13,15,17,24,42H,1,14,16,18-19H2,2-5H3,(H,35,41)(H,36,37)/t24-/m1/s1. The molecule has 1 fully saturated rings. The van der Waals surface area contributed by atoms with Crippen molar-refractivity contribution < 1.29 is 14.0 Å². The predicted molar refractivity (Wildman–Crippen MR) is 168 cm³/mol. The van der Waals surface area contributed by atoms with Crippen LogP contribution in [0.3, 0.4) is 0 Å². The molecule has 2 N–H and O–H groups in total. The van der Waals surface area contributed by atoms with Crippen molar-refractivity contribution >= 4 is 37.4 Å². The highest BCUT2D eigenvalue weighted by Gasteiger charge is 2.27. The molecule has 1 saturated heterocycles. The average Bonchev–Trinajstić information content (AvgIpc) is 3.60. The Morgan fingerprint density at radius 3 is 2.60 bits per heavy atom. The molecule has 0 radical (unpaired) electrons. The van der Waals surface area contributed by atoms with Gasteiger partial charge in [0.15, 0.2) is 11.5 Å². The van der Waals surface area contributed by atoms with Gasteiger partial charge in [0, 0.05) is 51.7 Å². The summed E-state index contributed by atoms with van der Waals surface area (Å²) in [6.45, 7) is 13.2. The Hall–Kier alpha value is -4.10. The highest BCUT2D eigenvalue weighted by molar-refractivity contribution is 7.35. The number of pyridine rings is 1. The number of benzene rings is 2. The molecular formula is C32H36FN6O2P. The Kier molecular flexibility index (Phi) is 8.41. The summed E-state index contributed by atoms with van der Waals surface area (Å²) in [6, 6.07) is 14.4. The minimum Gasteiger partial charge on any atom is -0.363 e. The van der Waals surface area contributed by atoms with Gasteiger partial charge >= 0.3 is 0 Å². The molecule has 218 valence electrons. The SMILES string of the molecule is C=CC(=O)N1CC[C@@H](Nc2nn(PC)c3nccc(-c4ccc(CNC(=O)c5ccc(C(C)(C)C)cc5)c(F)c4)c23)C1. The van der Waals surface area contributed by atoms with Gasteiger partial charge in [-0.1, -0.05) is 51.6 Å². The second kappa shape index (κ2) is 12.0. The van der Waals surface area contributed by atoms with E-state index in [2.05, 4.69) is 43.0 Å². The molecule has 5 rings (SSSR count). The number of likely N-dealkylation sites (tertiary alicyclic amines) is 1. The summed E-state index contributed by atoms with van der Waals surface area (Å²) >= 11 is 0. The van der Waals surface area contributed by atoms with Crippen LogP contribution in [0.4, 0.5) is 10.2 Å². The highest BCUT2D eigenvalue weighted by Crippen LogP contribution is 2.36. The second-order valence-electron chi connectivity index (χ2n) is 11.5. The Labute approximate surface area is 247 Å². The minimum absolute atomic E-state index is 0.00371. The fraction of sp³-hybridized carbons (Fsp3) is 0.312. The summed E-state index contributed by atoms with van der Waals surface area (Å²) in [5.41, 5.74) is 4.26. The number of carbonyl (C=O) groups excluding carboxylic acids is 2. The fourth-order valence-corrected chi connectivity index (χ4v) is 5.78. The van der Waals surface area contributed by atoms with Crippen molar-refractivity contribution in [3.63, 3.8) is 0 Å². The van der Waals surface area contributed by atoms with Crippen molar-refractivity contribution in [1.82, 2.24) is 24.8 Å². The van der Waals surface area contributed by atoms with E-state index in [0.29, 0.717) is 50.0 Å². The normalized spacial score (nSPS) is 15.5. The molecule has 4 aromatic rings. The number of hydrogen-bond donors (Lipinski definition) is 2. The second-order valence-corrected chi connectivity index (χ2v) is 12.3. The van der Waals surface area contributed by atoms with Crippen molar-refractivity contribution in [2.75, 3.05) is 25.1 Å². The summed E-state index contributed by atoms with van der Waals surface area (Å²) in [5.74, 6) is -0.0834. The van der Waals surface area contributed by atoms with Gasteiger partial charge < -0.3 is 15.5 Å². The lowest BCUT2D eigenvalue weighted by Gasteiger charge is -2.19. The molecule has 1 aliphatic rings. The van der Waals surface area contributed by atoms with Crippen molar-refractivity contribution in [2.24, 2.45) is 0 Å². The number of nitrogens with zero attached hydrogens (tertiary/aromatic N) is 4. The van der Waals surface area contributed by atoms with Crippen LogP contribution in [0.25, 0.3) is 22.2 Å². The Morgan fingerprint density at radius 1 is 1.17 bits per heavy atom. The number of aromatic nitrogens is 3. The molecule has 3 heterocycles. The van der Waals surface area contributed by atoms with E-state index >= 15 is 4.39 Å². The van der Waals surface area contributed by atoms with Crippen LogP contribution in [0.5, 0.6) is 0 Å². The first kappa shape index (κ1) is 29.4. The van der Waals surface area contributed by atoms with Gasteiger partial charge in [0.1, 0.15) is 5.82 Å². The third-order valence-corrected chi connectivity index (χ3v) is 8.35. The highest BCUT2D eigenvalue weighted by atomic mass is 31.1. The van der Waals surface area contributed by atoms with Gasteiger partial charge in [0.25, 0.3) is 5.91 Å². The number of nitrogens with one attached hydrogen (secondary N) is 2. The van der Waals surface area contributed by atoms with Crippen LogP contribution in [0.2, 0.25) is 0 Å². The fourth-order valence-electron chi connectivity index (χ4n) is 5.20. The molecule has 0 bridgehead atoms. The lowest BCUT2D eigenvalue weighted by molar-refractivity contribution is -0.125. The van der Waals surface area contributed by atoms with Gasteiger partial charge in [-0.05, 0) is 65.5 Å². The zero-order valence-corrected chi connectivity index (χ0v) is 25.4. The number of halogens is 1. The molecular weight excluding hydrogens is 550 g/mol. The van der Waals surface area contributed by atoms with E-state index in [0.717, 1.165) is 22.9 Å². The summed E-state index contributed by atoms with van der Waals surface area (Å²) in [4.78, 5) is 31.1. The number of hydrogen-bond acceptors (Lipinski definition) is 5. The van der Waals surface area contributed by atoms with Crippen molar-refractivity contribution in [3.8, 4) is 11.1 Å². The average molecular weight is 587 g/mol. The number of amides is 2. The molecule has 2 amide bonds. The summed E-state index contributed by atoms with van der Waals surface area (Å²) in [5, 5.41) is 11.9. The molecule has 10 heteroatoms. The molecule has 0 spiro atoms. The zero-order valence-electron chi connectivity index (χ0n) is 24.4. The monoisotopic (exact) mass is 586 g/mol. The molecule has 2 aromatic carbocycles. The largest absolute Gasteiger partial charge is 0.363 e. The van der Waals surface area contributed by atoms with Crippen molar-refractivity contribution in [2.45, 2.75) is 45.2 Å². The zero-order chi connectivity index (χ0) is 30.0. The molecule has 42 heavy (non-hydrogen) atoms. The topological polar surface area (TPSA) is 92.2 Å². The van der Waals surface area contributed by atoms with Crippen LogP contribution in [-0.4, -0.2) is 57.0 Å². The van der Waals surface area contributed by atoms with E-state index in [9.17, 15) is 9.59 Å². The molecule has 0 aliphatic carbocycles. The third-order valence-electron chi connectivity index (χ3n) is 7.61. The third kappa shape index (κ3) is 6.07. The molecule has 1 unspecified atom stereocenters. The first-order valence-electron chi connectivity index (χ1n) is 14.0. The smallest absolute Gasteiger partial charge is 0.251 e. The van der Waals surface area contributed by atoms with E-state index in [4.69, 9.17) is 5.10 Å². The van der Waals surface area contributed by atoms with Gasteiger partial charge in [-0.2, -0.15) is 0 Å². The predicted octanol–water partition coefficient (Wildman–Crippen LogP) is 5.74. The number of anilines is 1. The quantitative estimate of drug-likeness (QED) is 0.203. The Morgan fingerprint density at radius 2 is 1.93 bits per heavy atom. The first-order chi connectivity index (χ1) is 20.1. The number of fused-ring (bicyclic) bond motifs is 1. The van der Waals surface area contributed by atoms with Crippen LogP contribution in [0.15, 0.2) is 67.4 Å². The van der Waals surface area contributed by atoms with Crippen molar-refractivity contribution in [3.05, 3.63) is 89.9 Å². The van der Waals surface area contributed by atoms with Crippen LogP contribution < -0.4 is 10.6 Å². The summed E-state index contributed by atoms with van der Waals surface area (Å²) < 4.78 is 17.2. The van der Waals surface area contributed by atoms with Crippen LogP contribution in [0.1, 0.15) is 48.7 Å². The molecule has 0 saturated carbocycles. The van der Waals surface area contributed by atoms with Crippen LogP contribution >= 0.6 is 8.73 Å². The Balaban J connectivity index is 1.36. The van der Waals surface area contributed by atoms with Gasteiger partial charge in [0.05, 0.1) is 5.39 Å². The number of carbonyl (C=O) groups is 2. The van der Waals surface area contributed by atoms with E-state index in [1.807, 2.05) is 35.4 Å². The van der Waals surface area contributed by atoms with Gasteiger partial charge in [0.2, 0.25) is 5.91 Å². The summed E-state index contributed by atoms with van der Waals surface area (Å²) in [6.07, 6.45) is 3.82. The minimum atomic E-state index is -0.408. The number of rotatable bonds is 8. The van der Waals surface area contributed by atoms with Crippen LogP contribution in [0, 0.1) is 5.82 Å². The van der Waals surface area contributed by atoms with E-state index < -0.39 is 5.82 Å². The van der Waals surface area contributed by atoms with Gasteiger partial charge in [-0.3, -0.25) is 9.59 Å². The maximum atomic E-state index is 15.4. The van der Waals surface area contributed by atoms with E-state index in [-0.39, 0.29) is 29.8 Å². The van der Waals surface area contributed by atoms with E-state index in [1.165, 1.54) is 12.1 Å². The maximum Gasteiger partial charge on any atom is 0.251 e. The molecule has 2 aromatic heterocycles. The lowest BCUT2D eigenvalue weighted by Crippen LogP contribution is -2.30.